The van der Waals surface area contributed by atoms with Gasteiger partial charge in [0.1, 0.15) is 17.7 Å². The summed E-state index contributed by atoms with van der Waals surface area (Å²) in [5, 5.41) is 10.0. The molecule has 5 heteroatoms. The minimum Gasteiger partial charge on any atom is -0.385 e. The van der Waals surface area contributed by atoms with Crippen LogP contribution in [0.4, 0.5) is 8.78 Å². The summed E-state index contributed by atoms with van der Waals surface area (Å²) in [6, 6.07) is 2.53. The van der Waals surface area contributed by atoms with Crippen molar-refractivity contribution < 1.29 is 18.6 Å². The average Bonchev–Trinajstić information content (AvgIpc) is 2.35. The van der Waals surface area contributed by atoms with Gasteiger partial charge in [-0.1, -0.05) is 6.07 Å². The smallest absolute Gasteiger partial charge is 0.134 e. The molecule has 17 heavy (non-hydrogen) atoms. The van der Waals surface area contributed by atoms with Crippen LogP contribution in [0.5, 0.6) is 0 Å². The number of halogens is 2. The molecule has 1 heterocycles. The summed E-state index contributed by atoms with van der Waals surface area (Å²) < 4.78 is 32.7. The van der Waals surface area contributed by atoms with Crippen molar-refractivity contribution in [3.8, 4) is 0 Å². The van der Waals surface area contributed by atoms with Gasteiger partial charge in [-0.05, 0) is 18.6 Å². The maximum absolute atomic E-state index is 13.8. The van der Waals surface area contributed by atoms with E-state index < -0.39 is 23.8 Å². The van der Waals surface area contributed by atoms with Gasteiger partial charge in [0.25, 0.3) is 0 Å². The van der Waals surface area contributed by atoms with Gasteiger partial charge in [0.05, 0.1) is 18.3 Å². The summed E-state index contributed by atoms with van der Waals surface area (Å²) in [7, 11) is 0. The van der Waals surface area contributed by atoms with Crippen molar-refractivity contribution in [2.24, 2.45) is 0 Å². The quantitative estimate of drug-likeness (QED) is 0.885. The average molecular weight is 260 g/mol. The number of hydrogen-bond acceptors (Lipinski definition) is 3. The molecule has 0 bridgehead atoms. The molecule has 0 amide bonds. The summed E-state index contributed by atoms with van der Waals surface area (Å²) in [6.45, 7) is 2.04. The molecule has 1 aromatic rings. The molecule has 2 unspecified atom stereocenters. The van der Waals surface area contributed by atoms with Crippen LogP contribution in [0.25, 0.3) is 0 Å². The minimum atomic E-state index is -1.25. The zero-order valence-electron chi connectivity index (χ0n) is 9.45. The molecule has 0 aliphatic carbocycles. The molecule has 1 fully saturated rings. The number of hydrogen-bond donors (Lipinski definition) is 1. The first-order chi connectivity index (χ1) is 8.11. The van der Waals surface area contributed by atoms with Gasteiger partial charge in [-0.2, -0.15) is 11.8 Å². The molecule has 0 aromatic heterocycles. The lowest BCUT2D eigenvalue weighted by Crippen LogP contribution is -2.30. The van der Waals surface area contributed by atoms with Crippen LogP contribution in [0.1, 0.15) is 17.2 Å². The molecule has 94 valence electrons. The zero-order valence-corrected chi connectivity index (χ0v) is 10.3. The normalized spacial score (nSPS) is 22.5. The molecule has 0 spiro atoms. The van der Waals surface area contributed by atoms with E-state index in [2.05, 4.69) is 0 Å². The fourth-order valence-electron chi connectivity index (χ4n) is 1.82. The number of aliphatic hydroxyl groups excluding tert-OH is 1. The van der Waals surface area contributed by atoms with Crippen LogP contribution in [0, 0.1) is 18.6 Å². The van der Waals surface area contributed by atoms with Gasteiger partial charge in [-0.3, -0.25) is 0 Å². The third-order valence-electron chi connectivity index (χ3n) is 2.81. The Morgan fingerprint density at radius 2 is 2.24 bits per heavy atom. The fraction of sp³-hybridized carbons (Fsp3) is 0.500. The summed E-state index contributed by atoms with van der Waals surface area (Å²) in [6.07, 6.45) is -1.79. The number of thioether (sulfide) groups is 1. The molecule has 1 aliphatic heterocycles. The second kappa shape index (κ2) is 5.33. The highest BCUT2D eigenvalue weighted by Gasteiger charge is 2.29. The topological polar surface area (TPSA) is 29.5 Å². The van der Waals surface area contributed by atoms with Crippen LogP contribution in [-0.4, -0.2) is 29.3 Å². The van der Waals surface area contributed by atoms with Crippen molar-refractivity contribution in [1.29, 1.82) is 0 Å². The van der Waals surface area contributed by atoms with E-state index in [1.807, 2.05) is 0 Å². The van der Waals surface area contributed by atoms with Crippen LogP contribution in [-0.2, 0) is 4.74 Å². The third-order valence-corrected chi connectivity index (χ3v) is 3.83. The van der Waals surface area contributed by atoms with Crippen LogP contribution in [0.15, 0.2) is 12.1 Å². The predicted octanol–water partition coefficient (Wildman–Crippen LogP) is 2.44. The fourth-order valence-corrected chi connectivity index (χ4v) is 2.72. The van der Waals surface area contributed by atoms with E-state index in [1.54, 1.807) is 18.7 Å². The van der Waals surface area contributed by atoms with Crippen molar-refractivity contribution in [2.45, 2.75) is 19.1 Å². The first kappa shape index (κ1) is 12.8. The predicted molar refractivity (Wildman–Crippen MR) is 63.1 cm³/mol. The van der Waals surface area contributed by atoms with E-state index in [4.69, 9.17) is 4.74 Å². The SMILES string of the molecule is Cc1ccc(F)c(C(O)C2CSCCO2)c1F. The first-order valence-electron chi connectivity index (χ1n) is 5.43. The van der Waals surface area contributed by atoms with Crippen molar-refractivity contribution >= 4 is 11.8 Å². The standard InChI is InChI=1S/C12H14F2O2S/c1-7-2-3-8(13)10(11(7)14)12(15)9-6-17-5-4-16-9/h2-3,9,12,15H,4-6H2,1H3. The van der Waals surface area contributed by atoms with Crippen LogP contribution in [0.2, 0.25) is 0 Å². The van der Waals surface area contributed by atoms with Gasteiger partial charge >= 0.3 is 0 Å². The van der Waals surface area contributed by atoms with E-state index in [0.717, 1.165) is 5.75 Å². The Bertz CT molecular complexity index is 406. The third kappa shape index (κ3) is 2.61. The minimum absolute atomic E-state index is 0.280. The van der Waals surface area contributed by atoms with Crippen LogP contribution < -0.4 is 0 Å². The van der Waals surface area contributed by atoms with Crippen molar-refractivity contribution in [3.63, 3.8) is 0 Å². The number of ether oxygens (including phenoxy) is 1. The number of aryl methyl sites for hydroxylation is 1. The summed E-state index contributed by atoms with van der Waals surface area (Å²) in [5.74, 6) is -0.00727. The van der Waals surface area contributed by atoms with E-state index in [1.165, 1.54) is 12.1 Å². The Morgan fingerprint density at radius 1 is 1.47 bits per heavy atom. The lowest BCUT2D eigenvalue weighted by molar-refractivity contribution is -0.0257. The summed E-state index contributed by atoms with van der Waals surface area (Å²) in [5.41, 5.74) is 0.0430. The molecule has 2 atom stereocenters. The Kier molecular flexibility index (Phi) is 4.01. The van der Waals surface area contributed by atoms with E-state index in [0.29, 0.717) is 17.9 Å². The molecule has 2 nitrogen and oxygen atoms in total. The highest BCUT2D eigenvalue weighted by atomic mass is 32.2. The van der Waals surface area contributed by atoms with Gasteiger partial charge in [-0.15, -0.1) is 0 Å². The number of rotatable bonds is 2. The van der Waals surface area contributed by atoms with Crippen LogP contribution in [0.3, 0.4) is 0 Å². The van der Waals surface area contributed by atoms with Crippen molar-refractivity contribution in [1.82, 2.24) is 0 Å². The molecule has 1 saturated heterocycles. The second-order valence-electron chi connectivity index (χ2n) is 4.02. The lowest BCUT2D eigenvalue weighted by Gasteiger charge is -2.27. The number of benzene rings is 1. The first-order valence-corrected chi connectivity index (χ1v) is 6.58. The monoisotopic (exact) mass is 260 g/mol. The highest BCUT2D eigenvalue weighted by Crippen LogP contribution is 2.30. The molecule has 1 aromatic carbocycles. The molecular weight excluding hydrogens is 246 g/mol. The summed E-state index contributed by atoms with van der Waals surface area (Å²) in [4.78, 5) is 0. The molecule has 0 radical (unpaired) electrons. The largest absolute Gasteiger partial charge is 0.385 e. The number of aliphatic hydroxyl groups is 1. The second-order valence-corrected chi connectivity index (χ2v) is 5.17. The van der Waals surface area contributed by atoms with Gasteiger partial charge in [-0.25, -0.2) is 8.78 Å². The maximum Gasteiger partial charge on any atom is 0.134 e. The maximum atomic E-state index is 13.8. The van der Waals surface area contributed by atoms with Crippen molar-refractivity contribution in [3.05, 3.63) is 34.9 Å². The van der Waals surface area contributed by atoms with Crippen LogP contribution >= 0.6 is 11.8 Å². The molecule has 1 aliphatic rings. The zero-order chi connectivity index (χ0) is 12.4. The van der Waals surface area contributed by atoms with E-state index in [9.17, 15) is 13.9 Å². The Labute approximate surface area is 103 Å². The van der Waals surface area contributed by atoms with Gasteiger partial charge < -0.3 is 9.84 Å². The Hall–Kier alpha value is -0.650. The van der Waals surface area contributed by atoms with E-state index >= 15 is 0 Å². The Balaban J connectivity index is 2.29. The van der Waals surface area contributed by atoms with Gasteiger partial charge in [0, 0.05) is 11.5 Å². The van der Waals surface area contributed by atoms with E-state index in [-0.39, 0.29) is 5.56 Å². The highest BCUT2D eigenvalue weighted by molar-refractivity contribution is 7.99. The molecular formula is C12H14F2O2S. The molecule has 1 N–H and O–H groups in total. The summed E-state index contributed by atoms with van der Waals surface area (Å²) >= 11 is 1.61. The van der Waals surface area contributed by atoms with Crippen molar-refractivity contribution in [2.75, 3.05) is 18.1 Å². The Morgan fingerprint density at radius 3 is 2.88 bits per heavy atom. The van der Waals surface area contributed by atoms with Gasteiger partial charge in [0.15, 0.2) is 0 Å². The molecule has 0 saturated carbocycles. The lowest BCUT2D eigenvalue weighted by atomic mass is 10.0. The molecule has 2 rings (SSSR count). The van der Waals surface area contributed by atoms with Gasteiger partial charge in [0.2, 0.25) is 0 Å².